The Morgan fingerprint density at radius 3 is 2.71 bits per heavy atom. The Bertz CT molecular complexity index is 1180. The first kappa shape index (κ1) is 21.2. The molecule has 4 N–H and O–H groups in total. The van der Waals surface area contributed by atoms with Gasteiger partial charge in [-0.3, -0.25) is 4.79 Å². The van der Waals surface area contributed by atoms with Gasteiger partial charge in [0.25, 0.3) is 0 Å². The fourth-order valence-corrected chi connectivity index (χ4v) is 4.88. The van der Waals surface area contributed by atoms with Gasteiger partial charge in [0.15, 0.2) is 17.0 Å². The van der Waals surface area contributed by atoms with Crippen LogP contribution in [0.15, 0.2) is 23.8 Å². The molecule has 1 fully saturated rings. The molecule has 162 valence electrons. The minimum atomic E-state index is -1.24. The lowest BCUT2D eigenvalue weighted by Crippen LogP contribution is -2.47. The van der Waals surface area contributed by atoms with Gasteiger partial charge in [-0.15, -0.1) is 11.3 Å². The Balaban J connectivity index is 1.83. The van der Waals surface area contributed by atoms with E-state index in [9.17, 15) is 15.0 Å². The maximum Gasteiger partial charge on any atom is 0.228 e. The van der Waals surface area contributed by atoms with E-state index in [-0.39, 0.29) is 5.91 Å². The Morgan fingerprint density at radius 1 is 1.29 bits per heavy atom. The molecule has 1 aliphatic rings. The van der Waals surface area contributed by atoms with Crippen molar-refractivity contribution in [2.45, 2.75) is 32.1 Å². The lowest BCUT2D eigenvalue weighted by Gasteiger charge is -2.31. The number of rotatable bonds is 3. The zero-order valence-electron chi connectivity index (χ0n) is 17.6. The number of hydrogen-bond acceptors (Lipinski definition) is 8. The second kappa shape index (κ2) is 7.92. The SMILES string of the molecule is CNC(=O)C1(C)[C@H](C)[C@@H](n2cnc3c(NC)nc(C#Cc4cccs4)nc32)[C@H](O)[C@@H]1O. The molecule has 1 saturated carbocycles. The number of carbonyl (C=O) groups is 1. The van der Waals surface area contributed by atoms with Crippen molar-refractivity contribution >= 4 is 34.2 Å². The summed E-state index contributed by atoms with van der Waals surface area (Å²) in [6, 6.07) is 3.22. The van der Waals surface area contributed by atoms with E-state index in [1.807, 2.05) is 24.4 Å². The van der Waals surface area contributed by atoms with Crippen molar-refractivity contribution in [3.8, 4) is 11.8 Å². The summed E-state index contributed by atoms with van der Waals surface area (Å²) in [6.45, 7) is 3.50. The van der Waals surface area contributed by atoms with Crippen LogP contribution in [0.5, 0.6) is 0 Å². The van der Waals surface area contributed by atoms with Crippen LogP contribution in [0.1, 0.15) is 30.6 Å². The molecule has 1 aliphatic carbocycles. The van der Waals surface area contributed by atoms with Crippen molar-refractivity contribution < 1.29 is 15.0 Å². The molecule has 1 amide bonds. The molecule has 31 heavy (non-hydrogen) atoms. The second-order valence-electron chi connectivity index (χ2n) is 7.77. The van der Waals surface area contributed by atoms with Crippen LogP contribution in [-0.4, -0.2) is 61.9 Å². The van der Waals surface area contributed by atoms with Crippen LogP contribution in [0.3, 0.4) is 0 Å². The number of anilines is 1. The molecular formula is C21H24N6O3S. The molecule has 0 bridgehead atoms. The van der Waals surface area contributed by atoms with Crippen LogP contribution < -0.4 is 10.6 Å². The Morgan fingerprint density at radius 2 is 2.06 bits per heavy atom. The first-order chi connectivity index (χ1) is 14.8. The quantitative estimate of drug-likeness (QED) is 0.448. The number of carbonyl (C=O) groups excluding carboxylic acids is 1. The molecule has 3 aromatic rings. The largest absolute Gasteiger partial charge is 0.389 e. The number of thiophene rings is 1. The van der Waals surface area contributed by atoms with Crippen molar-refractivity contribution in [2.75, 3.05) is 19.4 Å². The fourth-order valence-electron chi connectivity index (χ4n) is 4.31. The summed E-state index contributed by atoms with van der Waals surface area (Å²) in [4.78, 5) is 26.9. The van der Waals surface area contributed by atoms with Crippen molar-refractivity contribution in [1.29, 1.82) is 0 Å². The summed E-state index contributed by atoms with van der Waals surface area (Å²) in [5, 5.41) is 29.2. The fraction of sp³-hybridized carbons (Fsp3) is 0.429. The molecular weight excluding hydrogens is 416 g/mol. The number of imidazole rings is 1. The second-order valence-corrected chi connectivity index (χ2v) is 8.72. The molecule has 10 heteroatoms. The van der Waals surface area contributed by atoms with E-state index in [0.717, 1.165) is 4.88 Å². The third-order valence-corrected chi connectivity index (χ3v) is 7.05. The number of nitrogens with zero attached hydrogens (tertiary/aromatic N) is 4. The summed E-state index contributed by atoms with van der Waals surface area (Å²) < 4.78 is 1.71. The monoisotopic (exact) mass is 440 g/mol. The molecule has 1 unspecified atom stereocenters. The molecule has 0 aliphatic heterocycles. The van der Waals surface area contributed by atoms with Crippen molar-refractivity contribution in [3.63, 3.8) is 0 Å². The van der Waals surface area contributed by atoms with Crippen molar-refractivity contribution in [1.82, 2.24) is 24.8 Å². The number of fused-ring (bicyclic) bond motifs is 1. The predicted molar refractivity (Wildman–Crippen MR) is 118 cm³/mol. The summed E-state index contributed by atoms with van der Waals surface area (Å²) in [7, 11) is 3.25. The third-order valence-electron chi connectivity index (χ3n) is 6.26. The third kappa shape index (κ3) is 3.26. The standard InChI is InChI=1S/C21H24N6O3S/c1-11-15(16(28)17(29)21(11,2)20(30)23-4)27-10-24-14-18(22-3)25-13(26-19(14)27)8-7-12-6-5-9-31-12/h5-6,9-11,15-17,28-29H,1-4H3,(H,23,30)(H,22,25,26)/t11-,15-,16+,17+,21?/m1/s1. The van der Waals surface area contributed by atoms with Crippen LogP contribution in [-0.2, 0) is 4.79 Å². The highest BCUT2D eigenvalue weighted by Crippen LogP contribution is 2.50. The van der Waals surface area contributed by atoms with Gasteiger partial charge in [-0.1, -0.05) is 13.0 Å². The van der Waals surface area contributed by atoms with Crippen LogP contribution in [0.2, 0.25) is 0 Å². The van der Waals surface area contributed by atoms with Crippen LogP contribution >= 0.6 is 11.3 Å². The minimum Gasteiger partial charge on any atom is -0.389 e. The number of amides is 1. The number of aromatic nitrogens is 4. The Kier molecular flexibility index (Phi) is 5.43. The lowest BCUT2D eigenvalue weighted by atomic mass is 9.77. The number of hydrogen-bond donors (Lipinski definition) is 4. The van der Waals surface area contributed by atoms with Gasteiger partial charge < -0.3 is 25.4 Å². The van der Waals surface area contributed by atoms with Crippen LogP contribution in [0.4, 0.5) is 5.82 Å². The van der Waals surface area contributed by atoms with Crippen LogP contribution in [0, 0.1) is 23.2 Å². The molecule has 5 atom stereocenters. The van der Waals surface area contributed by atoms with E-state index in [1.54, 1.807) is 24.9 Å². The van der Waals surface area contributed by atoms with E-state index in [0.29, 0.717) is 22.8 Å². The van der Waals surface area contributed by atoms with E-state index in [4.69, 9.17) is 0 Å². The van der Waals surface area contributed by atoms with E-state index >= 15 is 0 Å². The average molecular weight is 441 g/mol. The zero-order valence-corrected chi connectivity index (χ0v) is 18.4. The molecule has 3 heterocycles. The van der Waals surface area contributed by atoms with Crippen molar-refractivity contribution in [3.05, 3.63) is 34.5 Å². The van der Waals surface area contributed by atoms with Gasteiger partial charge in [0.2, 0.25) is 11.7 Å². The van der Waals surface area contributed by atoms with Gasteiger partial charge in [0.1, 0.15) is 6.10 Å². The van der Waals surface area contributed by atoms with Gasteiger partial charge in [0, 0.05) is 14.1 Å². The zero-order chi connectivity index (χ0) is 22.3. The smallest absolute Gasteiger partial charge is 0.228 e. The van der Waals surface area contributed by atoms with Gasteiger partial charge in [-0.25, -0.2) is 15.0 Å². The summed E-state index contributed by atoms with van der Waals surface area (Å²) in [5.41, 5.74) is -0.179. The first-order valence-electron chi connectivity index (χ1n) is 9.89. The van der Waals surface area contributed by atoms with E-state index in [1.165, 1.54) is 18.4 Å². The highest BCUT2D eigenvalue weighted by Gasteiger charge is 2.59. The van der Waals surface area contributed by atoms with Crippen LogP contribution in [0.25, 0.3) is 11.2 Å². The number of aliphatic hydroxyl groups excluding tert-OH is 2. The predicted octanol–water partition coefficient (Wildman–Crippen LogP) is 0.994. The molecule has 0 saturated heterocycles. The Hall–Kier alpha value is -3.00. The normalized spacial score (nSPS) is 27.7. The maximum atomic E-state index is 12.6. The average Bonchev–Trinajstić information content (AvgIpc) is 3.48. The van der Waals surface area contributed by atoms with Gasteiger partial charge in [0.05, 0.1) is 28.8 Å². The summed E-state index contributed by atoms with van der Waals surface area (Å²) in [5.74, 6) is 6.11. The number of aliphatic hydroxyl groups is 2. The van der Waals surface area contributed by atoms with Gasteiger partial charge in [-0.2, -0.15) is 0 Å². The van der Waals surface area contributed by atoms with Gasteiger partial charge >= 0.3 is 0 Å². The topological polar surface area (TPSA) is 125 Å². The van der Waals surface area contributed by atoms with Gasteiger partial charge in [-0.05, 0) is 36.1 Å². The number of nitrogens with one attached hydrogen (secondary N) is 2. The maximum absolute atomic E-state index is 12.6. The molecule has 0 spiro atoms. The Labute approximate surface area is 183 Å². The minimum absolute atomic E-state index is 0.307. The molecule has 3 aromatic heterocycles. The highest BCUT2D eigenvalue weighted by atomic mass is 32.1. The van der Waals surface area contributed by atoms with E-state index < -0.39 is 29.6 Å². The lowest BCUT2D eigenvalue weighted by molar-refractivity contribution is -0.139. The molecule has 9 nitrogen and oxygen atoms in total. The summed E-state index contributed by atoms with van der Waals surface area (Å²) >= 11 is 1.53. The first-order valence-corrected chi connectivity index (χ1v) is 10.8. The highest BCUT2D eigenvalue weighted by molar-refractivity contribution is 7.10. The van der Waals surface area contributed by atoms with E-state index in [2.05, 4.69) is 37.4 Å². The summed E-state index contributed by atoms with van der Waals surface area (Å²) in [6.07, 6.45) is -0.861. The molecule has 4 rings (SSSR count). The molecule has 0 radical (unpaired) electrons. The van der Waals surface area contributed by atoms with Crippen molar-refractivity contribution in [2.24, 2.45) is 11.3 Å². The molecule has 0 aromatic carbocycles.